The molecule has 1 rings (SSSR count). The summed E-state index contributed by atoms with van der Waals surface area (Å²) in [6.07, 6.45) is 5.63. The van der Waals surface area contributed by atoms with Crippen molar-refractivity contribution in [3.05, 3.63) is 6.92 Å². The van der Waals surface area contributed by atoms with Crippen LogP contribution in [0.25, 0.3) is 0 Å². The maximum absolute atomic E-state index is 5.57. The van der Waals surface area contributed by atoms with Gasteiger partial charge in [-0.1, -0.05) is 6.92 Å². The molecule has 9 heavy (non-hydrogen) atoms. The van der Waals surface area contributed by atoms with Crippen molar-refractivity contribution in [1.82, 2.24) is 0 Å². The van der Waals surface area contributed by atoms with E-state index in [4.69, 9.17) is 4.74 Å². The van der Waals surface area contributed by atoms with E-state index in [2.05, 4.69) is 13.8 Å². The highest BCUT2D eigenvalue weighted by molar-refractivity contribution is 4.68. The third-order valence-corrected chi connectivity index (χ3v) is 1.88. The molecule has 1 heteroatoms. The van der Waals surface area contributed by atoms with E-state index in [1.165, 1.54) is 19.3 Å². The monoisotopic (exact) mass is 127 g/mol. The van der Waals surface area contributed by atoms with Gasteiger partial charge in [0.1, 0.15) is 0 Å². The van der Waals surface area contributed by atoms with Gasteiger partial charge in [0.15, 0.2) is 0 Å². The molecule has 2 unspecified atom stereocenters. The Morgan fingerprint density at radius 1 is 1.56 bits per heavy atom. The summed E-state index contributed by atoms with van der Waals surface area (Å²) in [6.45, 7) is 5.96. The van der Waals surface area contributed by atoms with Gasteiger partial charge in [-0.05, 0) is 32.6 Å². The lowest BCUT2D eigenvalue weighted by Crippen LogP contribution is -2.24. The minimum atomic E-state index is 0.453. The molecule has 53 valence electrons. The van der Waals surface area contributed by atoms with Gasteiger partial charge >= 0.3 is 0 Å². The smallest absolute Gasteiger partial charge is 0.0578 e. The van der Waals surface area contributed by atoms with Crippen LogP contribution >= 0.6 is 0 Å². The standard InChI is InChI=1S/C8H15O/c1-3-8-6-4-5-7(2)9-8/h7-8H,1,3-6H2,2H3. The fourth-order valence-corrected chi connectivity index (χ4v) is 1.31. The third kappa shape index (κ3) is 1.98. The topological polar surface area (TPSA) is 9.23 Å². The average Bonchev–Trinajstić information content (AvgIpc) is 1.88. The molecule has 1 aliphatic rings. The Balaban J connectivity index is 2.23. The van der Waals surface area contributed by atoms with Crippen LogP contribution in [0.15, 0.2) is 0 Å². The number of hydrogen-bond donors (Lipinski definition) is 0. The first-order valence-corrected chi connectivity index (χ1v) is 3.77. The number of hydrogen-bond acceptors (Lipinski definition) is 1. The van der Waals surface area contributed by atoms with Gasteiger partial charge in [0, 0.05) is 0 Å². The van der Waals surface area contributed by atoms with Crippen LogP contribution in [-0.4, -0.2) is 12.2 Å². The summed E-state index contributed by atoms with van der Waals surface area (Å²) in [7, 11) is 0. The van der Waals surface area contributed by atoms with E-state index in [9.17, 15) is 0 Å². The molecule has 0 bridgehead atoms. The van der Waals surface area contributed by atoms with Crippen LogP contribution in [-0.2, 0) is 4.74 Å². The summed E-state index contributed by atoms with van der Waals surface area (Å²) in [5.74, 6) is 0. The maximum atomic E-state index is 5.57. The molecular weight excluding hydrogens is 112 g/mol. The second-order valence-corrected chi connectivity index (χ2v) is 2.79. The van der Waals surface area contributed by atoms with Crippen molar-refractivity contribution in [2.24, 2.45) is 0 Å². The molecular formula is C8H15O. The van der Waals surface area contributed by atoms with Crippen LogP contribution in [0.3, 0.4) is 0 Å². The van der Waals surface area contributed by atoms with Crippen molar-refractivity contribution in [2.75, 3.05) is 0 Å². The maximum Gasteiger partial charge on any atom is 0.0578 e. The Hall–Kier alpha value is -0.0400. The fraction of sp³-hybridized carbons (Fsp3) is 0.875. The van der Waals surface area contributed by atoms with Gasteiger partial charge in [0.05, 0.1) is 12.2 Å². The Morgan fingerprint density at radius 3 is 2.78 bits per heavy atom. The lowest BCUT2D eigenvalue weighted by atomic mass is 10.0. The highest BCUT2D eigenvalue weighted by Gasteiger charge is 2.16. The molecule has 0 aromatic rings. The van der Waals surface area contributed by atoms with Crippen molar-refractivity contribution < 1.29 is 4.74 Å². The Kier molecular flexibility index (Phi) is 2.52. The number of ether oxygens (including phenoxy) is 1. The van der Waals surface area contributed by atoms with E-state index in [-0.39, 0.29) is 0 Å². The molecule has 0 aliphatic carbocycles. The highest BCUT2D eigenvalue weighted by atomic mass is 16.5. The van der Waals surface area contributed by atoms with Crippen LogP contribution in [0.2, 0.25) is 0 Å². The van der Waals surface area contributed by atoms with E-state index in [1.807, 2.05) is 0 Å². The normalized spacial score (nSPS) is 36.7. The fourth-order valence-electron chi connectivity index (χ4n) is 1.31. The largest absolute Gasteiger partial charge is 0.375 e. The molecule has 0 spiro atoms. The highest BCUT2D eigenvalue weighted by Crippen LogP contribution is 2.19. The summed E-state index contributed by atoms with van der Waals surface area (Å²) >= 11 is 0. The second-order valence-electron chi connectivity index (χ2n) is 2.79. The zero-order valence-corrected chi connectivity index (χ0v) is 6.10. The quantitative estimate of drug-likeness (QED) is 0.524. The lowest BCUT2D eigenvalue weighted by molar-refractivity contribution is -0.0378. The average molecular weight is 127 g/mol. The molecule has 1 heterocycles. The molecule has 0 N–H and O–H groups in total. The summed E-state index contributed by atoms with van der Waals surface area (Å²) in [5.41, 5.74) is 0. The van der Waals surface area contributed by atoms with Crippen LogP contribution in [0.1, 0.15) is 32.6 Å². The van der Waals surface area contributed by atoms with Crippen LogP contribution in [0, 0.1) is 6.92 Å². The zero-order chi connectivity index (χ0) is 6.69. The van der Waals surface area contributed by atoms with Crippen molar-refractivity contribution in [3.8, 4) is 0 Å². The first-order valence-electron chi connectivity index (χ1n) is 3.77. The van der Waals surface area contributed by atoms with Crippen LogP contribution in [0.4, 0.5) is 0 Å². The van der Waals surface area contributed by atoms with Gasteiger partial charge in [-0.25, -0.2) is 0 Å². The van der Waals surface area contributed by atoms with E-state index in [0.29, 0.717) is 12.2 Å². The van der Waals surface area contributed by atoms with Gasteiger partial charge in [-0.15, -0.1) is 0 Å². The molecule has 2 atom stereocenters. The molecule has 1 nitrogen and oxygen atoms in total. The van der Waals surface area contributed by atoms with Gasteiger partial charge in [-0.2, -0.15) is 0 Å². The molecule has 0 aromatic carbocycles. The first kappa shape index (κ1) is 7.07. The molecule has 1 saturated heterocycles. The minimum Gasteiger partial charge on any atom is -0.375 e. The predicted molar refractivity (Wildman–Crippen MR) is 38.2 cm³/mol. The van der Waals surface area contributed by atoms with Crippen LogP contribution < -0.4 is 0 Å². The van der Waals surface area contributed by atoms with Gasteiger partial charge < -0.3 is 4.74 Å². The molecule has 0 saturated carbocycles. The first-order chi connectivity index (χ1) is 4.33. The SMILES string of the molecule is [CH2]CC1CCCC(C)O1. The Labute approximate surface area is 57.4 Å². The van der Waals surface area contributed by atoms with E-state index in [0.717, 1.165) is 6.42 Å². The van der Waals surface area contributed by atoms with Gasteiger partial charge in [-0.3, -0.25) is 0 Å². The Bertz CT molecular complexity index is 80.6. The van der Waals surface area contributed by atoms with E-state index >= 15 is 0 Å². The minimum absolute atomic E-state index is 0.453. The summed E-state index contributed by atoms with van der Waals surface area (Å²) in [4.78, 5) is 0. The van der Waals surface area contributed by atoms with Crippen molar-refractivity contribution in [2.45, 2.75) is 44.8 Å². The lowest BCUT2D eigenvalue weighted by Gasteiger charge is -2.26. The molecule has 1 aliphatic heterocycles. The molecule has 1 fully saturated rings. The van der Waals surface area contributed by atoms with Crippen molar-refractivity contribution >= 4 is 0 Å². The van der Waals surface area contributed by atoms with Crippen molar-refractivity contribution in [1.29, 1.82) is 0 Å². The Morgan fingerprint density at radius 2 is 2.33 bits per heavy atom. The van der Waals surface area contributed by atoms with E-state index in [1.54, 1.807) is 0 Å². The zero-order valence-electron chi connectivity index (χ0n) is 6.10. The summed E-state index contributed by atoms with van der Waals surface area (Å²) in [6, 6.07) is 0. The van der Waals surface area contributed by atoms with Gasteiger partial charge in [0.2, 0.25) is 0 Å². The third-order valence-electron chi connectivity index (χ3n) is 1.88. The van der Waals surface area contributed by atoms with Crippen molar-refractivity contribution in [3.63, 3.8) is 0 Å². The molecule has 0 amide bonds. The van der Waals surface area contributed by atoms with E-state index < -0.39 is 0 Å². The summed E-state index contributed by atoms with van der Waals surface area (Å²) in [5, 5.41) is 0. The second kappa shape index (κ2) is 3.21. The predicted octanol–water partition coefficient (Wildman–Crippen LogP) is 2.17. The molecule has 0 aromatic heterocycles. The summed E-state index contributed by atoms with van der Waals surface area (Å²) < 4.78 is 5.57. The number of rotatable bonds is 1. The molecule has 1 radical (unpaired) electrons. The van der Waals surface area contributed by atoms with Crippen LogP contribution in [0.5, 0.6) is 0 Å². The van der Waals surface area contributed by atoms with Gasteiger partial charge in [0.25, 0.3) is 0 Å².